The van der Waals surface area contributed by atoms with Crippen molar-refractivity contribution in [2.45, 2.75) is 26.7 Å². The first-order chi connectivity index (χ1) is 14.4. The van der Waals surface area contributed by atoms with Gasteiger partial charge in [-0.3, -0.25) is 14.4 Å². The second-order valence-corrected chi connectivity index (χ2v) is 7.11. The third-order valence-electron chi connectivity index (χ3n) is 5.23. The van der Waals surface area contributed by atoms with Crippen molar-refractivity contribution in [3.63, 3.8) is 0 Å². The molecule has 0 saturated heterocycles. The number of nitrogens with one attached hydrogen (secondary N) is 1. The zero-order valence-electron chi connectivity index (χ0n) is 17.6. The summed E-state index contributed by atoms with van der Waals surface area (Å²) in [4.78, 5) is 40.3. The molecule has 30 heavy (non-hydrogen) atoms. The molecule has 7 nitrogen and oxygen atoms in total. The number of rotatable bonds is 8. The Hall–Kier alpha value is -3.35. The van der Waals surface area contributed by atoms with Crippen molar-refractivity contribution in [2.75, 3.05) is 41.9 Å². The lowest BCUT2D eigenvalue weighted by Gasteiger charge is -2.26. The number of ether oxygens (including phenoxy) is 1. The van der Waals surface area contributed by atoms with Crippen molar-refractivity contribution in [1.82, 2.24) is 0 Å². The Balaban J connectivity index is 1.56. The van der Waals surface area contributed by atoms with Crippen LogP contribution in [-0.2, 0) is 9.59 Å². The summed E-state index contributed by atoms with van der Waals surface area (Å²) in [5, 5.41) is 2.83. The molecule has 2 amide bonds. The number of likely N-dealkylation sites (N-methyl/N-ethyl adjacent to an activating group) is 1. The highest BCUT2D eigenvalue weighted by Gasteiger charge is 2.23. The Kier molecular flexibility index (Phi) is 6.72. The fraction of sp³-hybridized carbons (Fsp3) is 0.348. The largest absolute Gasteiger partial charge is 0.482 e. The summed E-state index contributed by atoms with van der Waals surface area (Å²) >= 11 is 0. The number of ketones is 1. The van der Waals surface area contributed by atoms with Gasteiger partial charge < -0.3 is 19.9 Å². The third kappa shape index (κ3) is 4.79. The highest BCUT2D eigenvalue weighted by atomic mass is 16.5. The van der Waals surface area contributed by atoms with Crippen LogP contribution in [0, 0.1) is 0 Å². The van der Waals surface area contributed by atoms with Crippen molar-refractivity contribution in [3.8, 4) is 5.75 Å². The molecule has 7 heteroatoms. The molecular formula is C23H27N3O4. The van der Waals surface area contributed by atoms with Gasteiger partial charge in [-0.15, -0.1) is 0 Å². The van der Waals surface area contributed by atoms with Gasteiger partial charge in [0.15, 0.2) is 12.4 Å². The Morgan fingerprint density at radius 1 is 1.07 bits per heavy atom. The second-order valence-electron chi connectivity index (χ2n) is 7.11. The quantitative estimate of drug-likeness (QED) is 0.675. The lowest BCUT2D eigenvalue weighted by Crippen LogP contribution is -2.35. The highest BCUT2D eigenvalue weighted by Crippen LogP contribution is 2.32. The van der Waals surface area contributed by atoms with Crippen molar-refractivity contribution in [2.24, 2.45) is 0 Å². The van der Waals surface area contributed by atoms with E-state index < -0.39 is 0 Å². The molecule has 1 N–H and O–H groups in total. The summed E-state index contributed by atoms with van der Waals surface area (Å²) in [5.74, 6) is 0.0295. The number of benzene rings is 2. The van der Waals surface area contributed by atoms with Gasteiger partial charge in [0, 0.05) is 49.9 Å². The SMILES string of the molecule is CCN(CC)c1ccc(NC(=O)CCC(=O)c2ccc3c(c2)N(C)C(=O)CO3)cc1. The van der Waals surface area contributed by atoms with E-state index in [0.717, 1.165) is 18.8 Å². The number of amides is 2. The fourth-order valence-electron chi connectivity index (χ4n) is 3.38. The number of nitrogens with zero attached hydrogens (tertiary/aromatic N) is 2. The van der Waals surface area contributed by atoms with Gasteiger partial charge >= 0.3 is 0 Å². The minimum absolute atomic E-state index is 0.00708. The van der Waals surface area contributed by atoms with Gasteiger partial charge in [0.25, 0.3) is 5.91 Å². The summed E-state index contributed by atoms with van der Waals surface area (Å²) in [6.07, 6.45) is 0.166. The molecule has 0 saturated carbocycles. The lowest BCUT2D eigenvalue weighted by atomic mass is 10.0. The number of hydrogen-bond acceptors (Lipinski definition) is 5. The number of Topliss-reactive ketones (excluding diaryl/α,β-unsaturated/α-hetero) is 1. The Morgan fingerprint density at radius 3 is 2.43 bits per heavy atom. The predicted molar refractivity (Wildman–Crippen MR) is 118 cm³/mol. The van der Waals surface area contributed by atoms with Gasteiger partial charge in [-0.2, -0.15) is 0 Å². The first kappa shape index (κ1) is 21.4. The average Bonchev–Trinajstić information content (AvgIpc) is 2.76. The van der Waals surface area contributed by atoms with E-state index in [2.05, 4.69) is 24.1 Å². The topological polar surface area (TPSA) is 79.0 Å². The minimum Gasteiger partial charge on any atom is -0.482 e. The van der Waals surface area contributed by atoms with Gasteiger partial charge in [-0.1, -0.05) is 0 Å². The fourth-order valence-corrected chi connectivity index (χ4v) is 3.38. The molecule has 158 valence electrons. The number of fused-ring (bicyclic) bond motifs is 1. The standard InChI is InChI=1S/C23H27N3O4/c1-4-26(5-2)18-9-7-17(8-10-18)24-22(28)13-11-20(27)16-6-12-21-19(14-16)25(3)23(29)15-30-21/h6-10,12,14H,4-5,11,13,15H2,1-3H3,(H,24,28). The number of carbonyl (C=O) groups excluding carboxylic acids is 3. The van der Waals surface area contributed by atoms with Crippen molar-refractivity contribution in [1.29, 1.82) is 0 Å². The summed E-state index contributed by atoms with van der Waals surface area (Å²) in [6, 6.07) is 12.7. The number of carbonyl (C=O) groups is 3. The zero-order valence-corrected chi connectivity index (χ0v) is 17.6. The molecular weight excluding hydrogens is 382 g/mol. The van der Waals surface area contributed by atoms with Crippen molar-refractivity contribution < 1.29 is 19.1 Å². The maximum atomic E-state index is 12.5. The van der Waals surface area contributed by atoms with E-state index >= 15 is 0 Å². The zero-order chi connectivity index (χ0) is 21.7. The average molecular weight is 409 g/mol. The molecule has 0 unspecified atom stereocenters. The van der Waals surface area contributed by atoms with Crippen LogP contribution in [0.5, 0.6) is 5.75 Å². The Morgan fingerprint density at radius 2 is 1.77 bits per heavy atom. The van der Waals surface area contributed by atoms with Gasteiger partial charge in [0.2, 0.25) is 5.91 Å². The first-order valence-corrected chi connectivity index (χ1v) is 10.1. The third-order valence-corrected chi connectivity index (χ3v) is 5.23. The molecule has 0 fully saturated rings. The lowest BCUT2D eigenvalue weighted by molar-refractivity contribution is -0.121. The van der Waals surface area contributed by atoms with Crippen LogP contribution in [0.4, 0.5) is 17.1 Å². The molecule has 0 atom stereocenters. The molecule has 0 aliphatic carbocycles. The van der Waals surface area contributed by atoms with Crippen LogP contribution in [0.15, 0.2) is 42.5 Å². The normalized spacial score (nSPS) is 12.8. The van der Waals surface area contributed by atoms with Crippen molar-refractivity contribution in [3.05, 3.63) is 48.0 Å². The molecule has 2 aromatic carbocycles. The van der Waals surface area contributed by atoms with Gasteiger partial charge in [-0.05, 0) is 56.3 Å². The van der Waals surface area contributed by atoms with E-state index in [4.69, 9.17) is 4.74 Å². The second kappa shape index (κ2) is 9.43. The van der Waals surface area contributed by atoms with Gasteiger partial charge in [0.1, 0.15) is 5.75 Å². The molecule has 0 radical (unpaired) electrons. The molecule has 0 spiro atoms. The number of anilines is 3. The first-order valence-electron chi connectivity index (χ1n) is 10.1. The summed E-state index contributed by atoms with van der Waals surface area (Å²) in [7, 11) is 1.65. The van der Waals surface area contributed by atoms with Crippen molar-refractivity contribution >= 4 is 34.7 Å². The summed E-state index contributed by atoms with van der Waals surface area (Å²) < 4.78 is 5.37. The van der Waals surface area contributed by atoms with Crippen LogP contribution in [0.3, 0.4) is 0 Å². The maximum Gasteiger partial charge on any atom is 0.264 e. The monoisotopic (exact) mass is 409 g/mol. The van der Waals surface area contributed by atoms with Crippen LogP contribution in [0.2, 0.25) is 0 Å². The van der Waals surface area contributed by atoms with E-state index in [1.54, 1.807) is 25.2 Å². The molecule has 0 aromatic heterocycles. The van der Waals surface area contributed by atoms with Crippen LogP contribution >= 0.6 is 0 Å². The molecule has 1 aliphatic rings. The molecule has 2 aromatic rings. The maximum absolute atomic E-state index is 12.5. The van der Waals surface area contributed by atoms with E-state index in [9.17, 15) is 14.4 Å². The molecule has 0 bridgehead atoms. The number of hydrogen-bond donors (Lipinski definition) is 1. The Labute approximate surface area is 176 Å². The van der Waals surface area contributed by atoms with Gasteiger partial charge in [-0.25, -0.2) is 0 Å². The molecule has 3 rings (SSSR count). The summed E-state index contributed by atoms with van der Waals surface area (Å²) in [6.45, 7) is 6.03. The van der Waals surface area contributed by atoms with E-state index in [-0.39, 0.29) is 37.0 Å². The molecule has 1 heterocycles. The van der Waals surface area contributed by atoms with E-state index in [1.807, 2.05) is 24.3 Å². The Bertz CT molecular complexity index is 936. The van der Waals surface area contributed by atoms with E-state index in [0.29, 0.717) is 22.7 Å². The van der Waals surface area contributed by atoms with Crippen LogP contribution < -0.4 is 19.9 Å². The van der Waals surface area contributed by atoms with Crippen LogP contribution in [-0.4, -0.2) is 44.3 Å². The van der Waals surface area contributed by atoms with Gasteiger partial charge in [0.05, 0.1) is 5.69 Å². The van der Waals surface area contributed by atoms with E-state index in [1.165, 1.54) is 4.90 Å². The minimum atomic E-state index is -0.215. The van der Waals surface area contributed by atoms with Crippen LogP contribution in [0.25, 0.3) is 0 Å². The summed E-state index contributed by atoms with van der Waals surface area (Å²) in [5.41, 5.74) is 2.83. The predicted octanol–water partition coefficient (Wildman–Crippen LogP) is 3.49. The van der Waals surface area contributed by atoms with Crippen LogP contribution in [0.1, 0.15) is 37.0 Å². The molecule has 1 aliphatic heterocycles. The highest BCUT2D eigenvalue weighted by molar-refractivity contribution is 6.03. The smallest absolute Gasteiger partial charge is 0.264 e.